The van der Waals surface area contributed by atoms with Crippen LogP contribution in [0, 0.1) is 11.8 Å². The van der Waals surface area contributed by atoms with Gasteiger partial charge in [0.25, 0.3) is 22.9 Å². The molecule has 2 aliphatic rings. The number of amides is 2. The van der Waals surface area contributed by atoms with Crippen molar-refractivity contribution in [3.8, 4) is 34.3 Å². The molecule has 304 valence electrons. The first kappa shape index (κ1) is 39.2. The lowest BCUT2D eigenvalue weighted by molar-refractivity contribution is -0.123. The Bertz CT molecular complexity index is 2850. The van der Waals surface area contributed by atoms with Gasteiger partial charge in [0, 0.05) is 43.9 Å². The minimum Gasteiger partial charge on any atom is -0.484 e. The van der Waals surface area contributed by atoms with Gasteiger partial charge in [-0.25, -0.2) is 9.97 Å². The number of aromatic nitrogens is 4. The maximum absolute atomic E-state index is 12.6. The molecule has 4 aromatic heterocycles. The van der Waals surface area contributed by atoms with Gasteiger partial charge in [0.05, 0.1) is 0 Å². The van der Waals surface area contributed by atoms with Crippen LogP contribution >= 0.6 is 31.9 Å². The fraction of sp³-hybridized carbons (Fsp3) is 0.227. The van der Waals surface area contributed by atoms with Crippen molar-refractivity contribution >= 4 is 87.8 Å². The lowest BCUT2D eigenvalue weighted by Gasteiger charge is -2.08. The second kappa shape index (κ2) is 16.8. The van der Waals surface area contributed by atoms with Crippen molar-refractivity contribution in [1.82, 2.24) is 30.6 Å². The van der Waals surface area contributed by atoms with E-state index >= 15 is 0 Å². The quantitative estimate of drug-likeness (QED) is 0.0933. The summed E-state index contributed by atoms with van der Waals surface area (Å²) in [6.07, 6.45) is 4.73. The highest BCUT2D eigenvalue weighted by Gasteiger charge is 2.23. The lowest BCUT2D eigenvalue weighted by Crippen LogP contribution is -2.30. The van der Waals surface area contributed by atoms with Crippen molar-refractivity contribution in [3.63, 3.8) is 0 Å². The van der Waals surface area contributed by atoms with E-state index in [-0.39, 0.29) is 47.3 Å². The number of hydrogen-bond acceptors (Lipinski definition) is 10. The number of ether oxygens (including phenoxy) is 2. The summed E-state index contributed by atoms with van der Waals surface area (Å²) in [7, 11) is 0. The maximum atomic E-state index is 12.6. The van der Waals surface area contributed by atoms with Crippen molar-refractivity contribution in [2.75, 3.05) is 26.3 Å². The molecular weight excluding hydrogens is 900 g/mol. The number of halogens is 2. The number of hydrogen-bond donors (Lipinski definition) is 4. The van der Waals surface area contributed by atoms with Crippen LogP contribution in [0.2, 0.25) is 0 Å². The maximum Gasteiger partial charge on any atom is 0.294 e. The van der Waals surface area contributed by atoms with Gasteiger partial charge in [0.1, 0.15) is 45.3 Å². The SMILES string of the molecule is O=C(COc1cccc(-c2nc3c(oc4ccc(Br)cc43)c(=O)[nH]2)c1)NCC1CC1.O=C(COc1cccc(-c2nc3c(oc4ccc(Br)cc43)c(=O)[nH]2)c1)NCC1CC1. The highest BCUT2D eigenvalue weighted by Crippen LogP contribution is 2.32. The molecule has 0 radical (unpaired) electrons. The van der Waals surface area contributed by atoms with E-state index in [0.717, 1.165) is 19.7 Å². The molecule has 0 aliphatic heterocycles. The van der Waals surface area contributed by atoms with Crippen LogP contribution in [-0.2, 0) is 9.59 Å². The highest BCUT2D eigenvalue weighted by atomic mass is 79.9. The number of carbonyl (C=O) groups is 2. The van der Waals surface area contributed by atoms with Gasteiger partial charge in [-0.2, -0.15) is 0 Å². The molecule has 0 saturated heterocycles. The number of nitrogens with one attached hydrogen (secondary N) is 4. The van der Waals surface area contributed by atoms with Crippen LogP contribution in [0.15, 0.2) is 112 Å². The molecule has 2 aliphatic carbocycles. The molecule has 4 aromatic carbocycles. The van der Waals surface area contributed by atoms with Crippen molar-refractivity contribution < 1.29 is 27.9 Å². The van der Waals surface area contributed by atoms with Crippen LogP contribution in [0.4, 0.5) is 0 Å². The van der Waals surface area contributed by atoms with Crippen LogP contribution in [0.25, 0.3) is 66.9 Å². The summed E-state index contributed by atoms with van der Waals surface area (Å²) >= 11 is 6.88. The Morgan fingerprint density at radius 1 is 0.633 bits per heavy atom. The van der Waals surface area contributed by atoms with Gasteiger partial charge in [-0.1, -0.05) is 56.1 Å². The number of H-pyrrole nitrogens is 2. The Balaban J connectivity index is 0.000000154. The predicted molar refractivity (Wildman–Crippen MR) is 233 cm³/mol. The number of aromatic amines is 2. The van der Waals surface area contributed by atoms with Crippen LogP contribution in [0.3, 0.4) is 0 Å². The van der Waals surface area contributed by atoms with Gasteiger partial charge >= 0.3 is 0 Å². The molecule has 0 atom stereocenters. The largest absolute Gasteiger partial charge is 0.484 e. The third kappa shape index (κ3) is 8.99. The molecule has 4 N–H and O–H groups in total. The van der Waals surface area contributed by atoms with E-state index in [0.29, 0.717) is 81.4 Å². The van der Waals surface area contributed by atoms with Gasteiger partial charge in [-0.3, -0.25) is 19.2 Å². The van der Waals surface area contributed by atoms with Gasteiger partial charge in [0.2, 0.25) is 11.2 Å². The molecule has 2 amide bonds. The Hall–Kier alpha value is -6.26. The fourth-order valence-corrected chi connectivity index (χ4v) is 7.27. The second-order valence-electron chi connectivity index (χ2n) is 14.8. The van der Waals surface area contributed by atoms with Crippen LogP contribution in [0.1, 0.15) is 25.7 Å². The van der Waals surface area contributed by atoms with Crippen molar-refractivity contribution in [1.29, 1.82) is 0 Å². The number of furan rings is 2. The first-order valence-electron chi connectivity index (χ1n) is 19.4. The molecule has 60 heavy (non-hydrogen) atoms. The number of rotatable bonds is 12. The van der Waals surface area contributed by atoms with Crippen LogP contribution < -0.4 is 31.2 Å². The zero-order valence-electron chi connectivity index (χ0n) is 31.8. The summed E-state index contributed by atoms with van der Waals surface area (Å²) in [6.45, 7) is 1.31. The molecule has 14 nitrogen and oxygen atoms in total. The number of carbonyl (C=O) groups excluding carboxylic acids is 2. The van der Waals surface area contributed by atoms with Crippen LogP contribution in [-0.4, -0.2) is 58.1 Å². The molecule has 4 heterocycles. The van der Waals surface area contributed by atoms with Gasteiger partial charge in [0.15, 0.2) is 13.2 Å². The zero-order valence-corrected chi connectivity index (χ0v) is 35.0. The van der Waals surface area contributed by atoms with E-state index in [4.69, 9.17) is 18.3 Å². The van der Waals surface area contributed by atoms with Gasteiger partial charge < -0.3 is 38.9 Å². The molecule has 0 spiro atoms. The predicted octanol–water partition coefficient (Wildman–Crippen LogP) is 8.01. The van der Waals surface area contributed by atoms with Crippen LogP contribution in [0.5, 0.6) is 11.5 Å². The zero-order chi connectivity index (χ0) is 41.3. The third-order valence-electron chi connectivity index (χ3n) is 10.1. The molecule has 2 fully saturated rings. The molecule has 16 heteroatoms. The fourth-order valence-electron chi connectivity index (χ4n) is 6.55. The monoisotopic (exact) mass is 934 g/mol. The van der Waals surface area contributed by atoms with Gasteiger partial charge in [-0.15, -0.1) is 0 Å². The Kier molecular flexibility index (Phi) is 11.0. The minimum atomic E-state index is -0.354. The first-order valence-corrected chi connectivity index (χ1v) is 21.0. The first-order chi connectivity index (χ1) is 29.1. The summed E-state index contributed by atoms with van der Waals surface area (Å²) in [5.74, 6) is 2.81. The molecular formula is C44H36Br2N6O8. The summed E-state index contributed by atoms with van der Waals surface area (Å²) in [4.78, 5) is 63.7. The molecule has 10 rings (SSSR count). The van der Waals surface area contributed by atoms with Crippen molar-refractivity contribution in [3.05, 3.63) is 115 Å². The van der Waals surface area contributed by atoms with E-state index < -0.39 is 0 Å². The van der Waals surface area contributed by atoms with E-state index in [1.165, 1.54) is 25.7 Å². The Morgan fingerprint density at radius 3 is 1.48 bits per heavy atom. The topological polar surface area (TPSA) is 194 Å². The summed E-state index contributed by atoms with van der Waals surface area (Å²) in [6, 6.07) is 25.3. The molecule has 0 bridgehead atoms. The number of benzene rings is 4. The Labute approximate surface area is 357 Å². The highest BCUT2D eigenvalue weighted by molar-refractivity contribution is 9.10. The van der Waals surface area contributed by atoms with Crippen molar-refractivity contribution in [2.45, 2.75) is 25.7 Å². The average Bonchev–Trinajstić information content (AvgIpc) is 4.20. The molecule has 0 unspecified atom stereocenters. The third-order valence-corrected chi connectivity index (χ3v) is 11.1. The Morgan fingerprint density at radius 2 is 1.07 bits per heavy atom. The normalized spacial score (nSPS) is 13.6. The van der Waals surface area contributed by atoms with E-state index in [2.05, 4.69) is 62.4 Å². The molecule has 2 saturated carbocycles. The number of fused-ring (bicyclic) bond motifs is 6. The van der Waals surface area contributed by atoms with Gasteiger partial charge in [-0.05, 0) is 98.2 Å². The minimum absolute atomic E-state index is 0.0560. The summed E-state index contributed by atoms with van der Waals surface area (Å²) in [5.41, 5.74) is 3.20. The van der Waals surface area contributed by atoms with E-state index in [1.54, 1.807) is 48.5 Å². The van der Waals surface area contributed by atoms with Crippen molar-refractivity contribution in [2.24, 2.45) is 11.8 Å². The van der Waals surface area contributed by atoms with E-state index in [9.17, 15) is 19.2 Å². The second-order valence-corrected chi connectivity index (χ2v) is 16.6. The smallest absolute Gasteiger partial charge is 0.294 e. The molecule has 8 aromatic rings. The summed E-state index contributed by atoms with van der Waals surface area (Å²) in [5, 5.41) is 7.25. The average molecular weight is 937 g/mol. The lowest BCUT2D eigenvalue weighted by atomic mass is 10.2. The van der Waals surface area contributed by atoms with E-state index in [1.807, 2.05) is 36.4 Å². The standard InChI is InChI=1S/2C22H18BrN3O4/c2*23-14-6-7-17-16(9-14)19-20(30-17)22(28)26-21(25-19)13-2-1-3-15(8-13)29-11-18(27)24-10-12-4-5-12/h2*1-3,6-9,12H,4-5,10-11H2,(H,24,27)(H,25,26,28). The summed E-state index contributed by atoms with van der Waals surface area (Å²) < 4.78 is 24.3. The number of nitrogens with zero attached hydrogens (tertiary/aromatic N) is 2.